The van der Waals surface area contributed by atoms with Crippen LogP contribution in [-0.2, 0) is 6.54 Å². The van der Waals surface area contributed by atoms with Gasteiger partial charge in [-0.2, -0.15) is 0 Å². The van der Waals surface area contributed by atoms with E-state index >= 15 is 0 Å². The Morgan fingerprint density at radius 1 is 1.56 bits per heavy atom. The third-order valence-electron chi connectivity index (χ3n) is 2.45. The molecule has 0 aliphatic rings. The summed E-state index contributed by atoms with van der Waals surface area (Å²) in [4.78, 5) is 14.8. The molecule has 0 radical (unpaired) electrons. The van der Waals surface area contributed by atoms with E-state index in [1.165, 1.54) is 11.3 Å². The number of amides is 1. The van der Waals surface area contributed by atoms with E-state index in [0.29, 0.717) is 17.0 Å². The number of aryl methyl sites for hydroxylation is 1. The molecule has 0 aliphatic carbocycles. The van der Waals surface area contributed by atoms with E-state index in [4.69, 9.17) is 16.0 Å². The van der Waals surface area contributed by atoms with Crippen molar-refractivity contribution in [2.45, 2.75) is 13.5 Å². The van der Waals surface area contributed by atoms with Gasteiger partial charge < -0.3 is 9.32 Å². The molecule has 3 nitrogen and oxygen atoms in total. The molecule has 0 saturated heterocycles. The van der Waals surface area contributed by atoms with Gasteiger partial charge in [0.25, 0.3) is 5.91 Å². The third-order valence-corrected chi connectivity index (χ3v) is 4.06. The fourth-order valence-corrected chi connectivity index (χ4v) is 3.22. The van der Waals surface area contributed by atoms with Crippen LogP contribution in [-0.4, -0.2) is 17.9 Å². The second-order valence-electron chi connectivity index (χ2n) is 3.93. The first kappa shape index (κ1) is 13.6. The molecular weight excluding hydrogens is 338 g/mol. The van der Waals surface area contributed by atoms with E-state index in [2.05, 4.69) is 15.9 Å². The molecule has 2 rings (SSSR count). The number of thiophene rings is 1. The highest BCUT2D eigenvalue weighted by Gasteiger charge is 2.19. The molecule has 1 amide bonds. The number of hydrogen-bond acceptors (Lipinski definition) is 3. The zero-order valence-corrected chi connectivity index (χ0v) is 13.0. The molecule has 0 atom stereocenters. The lowest BCUT2D eigenvalue weighted by molar-refractivity contribution is 0.0752. The molecule has 0 N–H and O–H groups in total. The average molecular weight is 349 g/mol. The van der Waals surface area contributed by atoms with Crippen molar-refractivity contribution >= 4 is 44.8 Å². The van der Waals surface area contributed by atoms with Crippen LogP contribution in [0.25, 0.3) is 0 Å². The van der Waals surface area contributed by atoms with Gasteiger partial charge in [0.1, 0.15) is 0 Å². The molecule has 0 aromatic carbocycles. The van der Waals surface area contributed by atoms with Crippen LogP contribution in [0.5, 0.6) is 0 Å². The van der Waals surface area contributed by atoms with Gasteiger partial charge in [-0.05, 0) is 41.1 Å². The maximum atomic E-state index is 12.2. The Hall–Kier alpha value is -0.780. The highest BCUT2D eigenvalue weighted by atomic mass is 79.9. The van der Waals surface area contributed by atoms with Crippen molar-refractivity contribution in [1.29, 1.82) is 0 Å². The minimum atomic E-state index is -0.136. The molecule has 0 aliphatic heterocycles. The molecule has 96 valence electrons. The lowest BCUT2D eigenvalue weighted by Gasteiger charge is -2.14. The minimum absolute atomic E-state index is 0.136. The predicted molar refractivity (Wildman–Crippen MR) is 76.3 cm³/mol. The van der Waals surface area contributed by atoms with E-state index in [9.17, 15) is 4.79 Å². The zero-order valence-electron chi connectivity index (χ0n) is 9.87. The van der Waals surface area contributed by atoms with Crippen molar-refractivity contribution in [1.82, 2.24) is 4.90 Å². The summed E-state index contributed by atoms with van der Waals surface area (Å²) in [7, 11) is 1.74. The van der Waals surface area contributed by atoms with Gasteiger partial charge in [0.15, 0.2) is 10.4 Å². The highest BCUT2D eigenvalue weighted by molar-refractivity contribution is 9.10. The monoisotopic (exact) mass is 347 g/mol. The second-order valence-corrected chi connectivity index (χ2v) is 6.51. The predicted octanol–water partition coefficient (Wildman–Crippen LogP) is 4.34. The Balaban J connectivity index is 2.11. The van der Waals surface area contributed by atoms with E-state index in [0.717, 1.165) is 14.8 Å². The number of furan rings is 1. The van der Waals surface area contributed by atoms with Crippen LogP contribution in [0.2, 0.25) is 4.34 Å². The first-order chi connectivity index (χ1) is 8.47. The Kier molecular flexibility index (Phi) is 4.14. The number of carbonyl (C=O) groups is 1. The van der Waals surface area contributed by atoms with Crippen LogP contribution in [0.1, 0.15) is 21.0 Å². The molecule has 18 heavy (non-hydrogen) atoms. The number of halogens is 2. The summed E-state index contributed by atoms with van der Waals surface area (Å²) in [6.45, 7) is 2.37. The number of nitrogens with zero attached hydrogens (tertiary/aromatic N) is 1. The van der Waals surface area contributed by atoms with Crippen molar-refractivity contribution in [2.75, 3.05) is 7.05 Å². The van der Waals surface area contributed by atoms with E-state index in [-0.39, 0.29) is 5.91 Å². The van der Waals surface area contributed by atoms with Crippen molar-refractivity contribution in [3.8, 4) is 0 Å². The summed E-state index contributed by atoms with van der Waals surface area (Å²) >= 11 is 10.5. The number of carbonyl (C=O) groups excluding carboxylic acids is 1. The van der Waals surface area contributed by atoms with Crippen LogP contribution >= 0.6 is 38.9 Å². The van der Waals surface area contributed by atoms with Crippen LogP contribution in [0.15, 0.2) is 27.3 Å². The van der Waals surface area contributed by atoms with Crippen molar-refractivity contribution in [2.24, 2.45) is 0 Å². The van der Waals surface area contributed by atoms with Gasteiger partial charge in [0.05, 0.1) is 10.9 Å². The summed E-state index contributed by atoms with van der Waals surface area (Å²) in [5.41, 5.74) is 0.822. The largest absolute Gasteiger partial charge is 0.444 e. The van der Waals surface area contributed by atoms with Crippen molar-refractivity contribution in [3.05, 3.63) is 43.4 Å². The molecule has 0 fully saturated rings. The van der Waals surface area contributed by atoms with Gasteiger partial charge in [0, 0.05) is 17.5 Å². The topological polar surface area (TPSA) is 33.5 Å². The normalized spacial score (nSPS) is 10.7. The van der Waals surface area contributed by atoms with Crippen LogP contribution < -0.4 is 0 Å². The lowest BCUT2D eigenvalue weighted by Crippen LogP contribution is -2.25. The second kappa shape index (κ2) is 5.47. The minimum Gasteiger partial charge on any atom is -0.444 e. The zero-order chi connectivity index (χ0) is 13.3. The summed E-state index contributed by atoms with van der Waals surface area (Å²) in [5, 5.41) is 0. The molecule has 0 spiro atoms. The van der Waals surface area contributed by atoms with Gasteiger partial charge >= 0.3 is 0 Å². The standard InChI is InChI=1S/C12H11BrClNO2S/c1-7-5-9(13)17-11(7)12(16)15(2)6-8-3-4-10(14)18-8/h3-5H,6H2,1-2H3. The van der Waals surface area contributed by atoms with E-state index < -0.39 is 0 Å². The molecule has 6 heteroatoms. The summed E-state index contributed by atoms with van der Waals surface area (Å²) < 4.78 is 6.63. The fraction of sp³-hybridized carbons (Fsp3) is 0.250. The van der Waals surface area contributed by atoms with Gasteiger partial charge in [-0.1, -0.05) is 11.6 Å². The lowest BCUT2D eigenvalue weighted by atomic mass is 10.2. The molecule has 2 aromatic heterocycles. The summed E-state index contributed by atoms with van der Waals surface area (Å²) in [6, 6.07) is 5.53. The SMILES string of the molecule is Cc1cc(Br)oc1C(=O)N(C)Cc1ccc(Cl)s1. The Morgan fingerprint density at radius 2 is 2.28 bits per heavy atom. The van der Waals surface area contributed by atoms with Gasteiger partial charge in [-0.15, -0.1) is 11.3 Å². The first-order valence-electron chi connectivity index (χ1n) is 5.23. The van der Waals surface area contributed by atoms with Crippen molar-refractivity contribution in [3.63, 3.8) is 0 Å². The van der Waals surface area contributed by atoms with E-state index in [1.54, 1.807) is 18.0 Å². The smallest absolute Gasteiger partial charge is 0.289 e. The average Bonchev–Trinajstić information content (AvgIpc) is 2.84. The molecule has 0 saturated carbocycles. The summed E-state index contributed by atoms with van der Waals surface area (Å²) in [6.07, 6.45) is 0. The first-order valence-corrected chi connectivity index (χ1v) is 7.21. The van der Waals surface area contributed by atoms with Crippen LogP contribution in [0.4, 0.5) is 0 Å². The van der Waals surface area contributed by atoms with E-state index in [1.807, 2.05) is 19.1 Å². The highest BCUT2D eigenvalue weighted by Crippen LogP contribution is 2.24. The fourth-order valence-electron chi connectivity index (χ4n) is 1.57. The van der Waals surface area contributed by atoms with Crippen LogP contribution in [0.3, 0.4) is 0 Å². The van der Waals surface area contributed by atoms with Gasteiger partial charge in [-0.3, -0.25) is 4.79 Å². The summed E-state index contributed by atoms with van der Waals surface area (Å²) in [5.74, 6) is 0.231. The molecular formula is C12H11BrClNO2S. The maximum Gasteiger partial charge on any atom is 0.289 e. The Morgan fingerprint density at radius 3 is 2.78 bits per heavy atom. The maximum absolute atomic E-state index is 12.2. The molecule has 0 unspecified atom stereocenters. The molecule has 2 aromatic rings. The third kappa shape index (κ3) is 2.96. The van der Waals surface area contributed by atoms with Gasteiger partial charge in [0.2, 0.25) is 0 Å². The molecule has 0 bridgehead atoms. The Labute approximate surface area is 122 Å². The van der Waals surface area contributed by atoms with Gasteiger partial charge in [-0.25, -0.2) is 0 Å². The van der Waals surface area contributed by atoms with Crippen LogP contribution in [0, 0.1) is 6.92 Å². The number of rotatable bonds is 3. The Bertz CT molecular complexity index is 578. The quantitative estimate of drug-likeness (QED) is 0.827. The van der Waals surface area contributed by atoms with Crippen molar-refractivity contribution < 1.29 is 9.21 Å². The molecule has 2 heterocycles. The number of hydrogen-bond donors (Lipinski definition) is 0.